The van der Waals surface area contributed by atoms with E-state index in [1.165, 1.54) is 10.9 Å². The van der Waals surface area contributed by atoms with Crippen LogP contribution in [0.25, 0.3) is 11.2 Å². The van der Waals surface area contributed by atoms with Gasteiger partial charge in [-0.3, -0.25) is 9.36 Å². The quantitative estimate of drug-likeness (QED) is 0.486. The van der Waals surface area contributed by atoms with Gasteiger partial charge in [-0.25, -0.2) is 9.97 Å². The molecule has 4 atom stereocenters. The monoisotopic (exact) mass is 346 g/mol. The SMILES string of the molecule is O=c1[nH]cnc2c1nc(Br)n2[C@@H]1O[C@@H](CO)[C@H](O)[C@H]1O. The maximum Gasteiger partial charge on any atom is 0.278 e. The Morgan fingerprint density at radius 1 is 1.45 bits per heavy atom. The number of hydrogen-bond donors (Lipinski definition) is 4. The van der Waals surface area contributed by atoms with Crippen LogP contribution in [-0.2, 0) is 4.74 Å². The molecule has 10 heteroatoms. The number of ether oxygens (including phenoxy) is 1. The van der Waals surface area contributed by atoms with Gasteiger partial charge in [-0.2, -0.15) is 0 Å². The van der Waals surface area contributed by atoms with Crippen molar-refractivity contribution in [1.82, 2.24) is 19.5 Å². The number of aliphatic hydroxyl groups excluding tert-OH is 3. The number of aromatic nitrogens is 4. The van der Waals surface area contributed by atoms with E-state index in [1.54, 1.807) is 0 Å². The first-order chi connectivity index (χ1) is 9.54. The maximum atomic E-state index is 11.6. The van der Waals surface area contributed by atoms with Crippen molar-refractivity contribution in [3.8, 4) is 0 Å². The second-order valence-corrected chi connectivity index (χ2v) is 5.09. The van der Waals surface area contributed by atoms with E-state index in [0.29, 0.717) is 0 Å². The van der Waals surface area contributed by atoms with Crippen molar-refractivity contribution < 1.29 is 20.1 Å². The van der Waals surface area contributed by atoms with E-state index in [-0.39, 0.29) is 15.9 Å². The number of fused-ring (bicyclic) bond motifs is 1. The Morgan fingerprint density at radius 3 is 2.85 bits per heavy atom. The Morgan fingerprint density at radius 2 is 2.20 bits per heavy atom. The van der Waals surface area contributed by atoms with E-state index in [2.05, 4.69) is 30.9 Å². The van der Waals surface area contributed by atoms with Crippen LogP contribution < -0.4 is 5.56 Å². The van der Waals surface area contributed by atoms with Crippen molar-refractivity contribution in [3.05, 3.63) is 21.4 Å². The van der Waals surface area contributed by atoms with Gasteiger partial charge in [-0.05, 0) is 15.9 Å². The van der Waals surface area contributed by atoms with Crippen molar-refractivity contribution in [1.29, 1.82) is 0 Å². The van der Waals surface area contributed by atoms with Crippen molar-refractivity contribution in [2.45, 2.75) is 24.5 Å². The van der Waals surface area contributed by atoms with Gasteiger partial charge in [0.25, 0.3) is 5.56 Å². The third kappa shape index (κ3) is 1.88. The zero-order chi connectivity index (χ0) is 14.4. The fourth-order valence-electron chi connectivity index (χ4n) is 2.21. The van der Waals surface area contributed by atoms with E-state index in [9.17, 15) is 15.0 Å². The number of nitrogens with zero attached hydrogens (tertiary/aromatic N) is 3. The molecule has 1 fully saturated rings. The van der Waals surface area contributed by atoms with Crippen LogP contribution in [0.3, 0.4) is 0 Å². The Labute approximate surface area is 120 Å². The topological polar surface area (TPSA) is 133 Å². The first kappa shape index (κ1) is 13.6. The van der Waals surface area contributed by atoms with Crippen LogP contribution in [-0.4, -0.2) is 59.8 Å². The summed E-state index contributed by atoms with van der Waals surface area (Å²) in [5.74, 6) is 0. The van der Waals surface area contributed by atoms with Gasteiger partial charge in [0, 0.05) is 0 Å². The third-order valence-corrected chi connectivity index (χ3v) is 3.77. The normalized spacial score (nSPS) is 30.2. The zero-order valence-electron chi connectivity index (χ0n) is 9.97. The summed E-state index contributed by atoms with van der Waals surface area (Å²) in [5, 5.41) is 28.9. The lowest BCUT2D eigenvalue weighted by molar-refractivity contribution is -0.0521. The molecule has 2 aromatic heterocycles. The van der Waals surface area contributed by atoms with Crippen molar-refractivity contribution >= 4 is 27.1 Å². The highest BCUT2D eigenvalue weighted by molar-refractivity contribution is 9.10. The van der Waals surface area contributed by atoms with Crippen LogP contribution in [0.4, 0.5) is 0 Å². The van der Waals surface area contributed by atoms with Crippen LogP contribution in [0.15, 0.2) is 15.9 Å². The highest BCUT2D eigenvalue weighted by Gasteiger charge is 2.44. The lowest BCUT2D eigenvalue weighted by Crippen LogP contribution is -2.33. The second-order valence-electron chi connectivity index (χ2n) is 4.38. The van der Waals surface area contributed by atoms with E-state index < -0.39 is 36.7 Å². The summed E-state index contributed by atoms with van der Waals surface area (Å²) in [6, 6.07) is 0. The molecule has 0 unspecified atom stereocenters. The Bertz CT molecular complexity index is 701. The molecule has 3 rings (SSSR count). The summed E-state index contributed by atoms with van der Waals surface area (Å²) in [6.45, 7) is -0.438. The molecule has 4 N–H and O–H groups in total. The average Bonchev–Trinajstić information content (AvgIpc) is 2.90. The molecule has 0 aromatic carbocycles. The molecule has 0 amide bonds. The molecular weight excluding hydrogens is 336 g/mol. The van der Waals surface area contributed by atoms with Crippen molar-refractivity contribution in [2.75, 3.05) is 6.61 Å². The second kappa shape index (κ2) is 4.90. The molecule has 20 heavy (non-hydrogen) atoms. The first-order valence-electron chi connectivity index (χ1n) is 5.78. The van der Waals surface area contributed by atoms with Crippen molar-refractivity contribution in [2.24, 2.45) is 0 Å². The summed E-state index contributed by atoms with van der Waals surface area (Å²) in [4.78, 5) is 22.0. The Kier molecular flexibility index (Phi) is 3.34. The number of rotatable bonds is 2. The van der Waals surface area contributed by atoms with Crippen LogP contribution in [0.2, 0.25) is 0 Å². The van der Waals surface area contributed by atoms with Gasteiger partial charge in [0.05, 0.1) is 12.9 Å². The van der Waals surface area contributed by atoms with Crippen LogP contribution >= 0.6 is 15.9 Å². The van der Waals surface area contributed by atoms with Gasteiger partial charge < -0.3 is 25.0 Å². The minimum absolute atomic E-state index is 0.0807. The van der Waals surface area contributed by atoms with E-state index in [0.717, 1.165) is 0 Å². The van der Waals surface area contributed by atoms with Gasteiger partial charge in [0.15, 0.2) is 22.1 Å². The molecule has 1 aliphatic rings. The number of nitrogens with one attached hydrogen (secondary N) is 1. The van der Waals surface area contributed by atoms with Crippen molar-refractivity contribution in [3.63, 3.8) is 0 Å². The largest absolute Gasteiger partial charge is 0.394 e. The predicted molar refractivity (Wildman–Crippen MR) is 68.9 cm³/mol. The van der Waals surface area contributed by atoms with Crippen LogP contribution in [0.5, 0.6) is 0 Å². The molecule has 0 aliphatic carbocycles. The Hall–Kier alpha value is -1.33. The van der Waals surface area contributed by atoms with Crippen LogP contribution in [0.1, 0.15) is 6.23 Å². The molecule has 0 saturated carbocycles. The molecule has 0 bridgehead atoms. The van der Waals surface area contributed by atoms with Crippen LogP contribution in [0, 0.1) is 0 Å². The highest BCUT2D eigenvalue weighted by Crippen LogP contribution is 2.33. The molecule has 3 heterocycles. The standard InChI is InChI=1S/C10H11BrN4O5/c11-10-14-4-7(12-2-13-8(4)19)15(10)9-6(18)5(17)3(1-16)20-9/h2-3,5-6,9,16-18H,1H2,(H,12,13,19)/t3-,5-,6+,9+/m0/s1. The molecule has 108 valence electrons. The number of hydrogen-bond acceptors (Lipinski definition) is 7. The summed E-state index contributed by atoms with van der Waals surface area (Å²) < 4.78 is 6.98. The smallest absolute Gasteiger partial charge is 0.278 e. The molecule has 0 radical (unpaired) electrons. The number of H-pyrrole nitrogens is 1. The number of halogens is 1. The van der Waals surface area contributed by atoms with Gasteiger partial charge in [0.1, 0.15) is 18.3 Å². The van der Waals surface area contributed by atoms with Gasteiger partial charge in [0.2, 0.25) is 0 Å². The molecule has 1 aliphatic heterocycles. The molecule has 1 saturated heterocycles. The minimum atomic E-state index is -1.28. The summed E-state index contributed by atoms with van der Waals surface area (Å²) in [7, 11) is 0. The number of imidazole rings is 1. The van der Waals surface area contributed by atoms with Gasteiger partial charge in [-0.1, -0.05) is 0 Å². The summed E-state index contributed by atoms with van der Waals surface area (Å²) in [5.41, 5.74) is -0.145. The molecule has 9 nitrogen and oxygen atoms in total. The average molecular weight is 347 g/mol. The molecular formula is C10H11BrN4O5. The van der Waals surface area contributed by atoms with E-state index >= 15 is 0 Å². The number of aliphatic hydroxyl groups is 3. The highest BCUT2D eigenvalue weighted by atomic mass is 79.9. The maximum absolute atomic E-state index is 11.6. The first-order valence-corrected chi connectivity index (χ1v) is 6.57. The predicted octanol–water partition coefficient (Wildman–Crippen LogP) is -1.51. The van der Waals surface area contributed by atoms with Gasteiger partial charge in [-0.15, -0.1) is 0 Å². The lowest BCUT2D eigenvalue weighted by atomic mass is 10.1. The fourth-order valence-corrected chi connectivity index (χ4v) is 2.76. The summed E-state index contributed by atoms with van der Waals surface area (Å²) in [6.07, 6.45) is -3.23. The number of aromatic amines is 1. The summed E-state index contributed by atoms with van der Waals surface area (Å²) >= 11 is 3.17. The van der Waals surface area contributed by atoms with E-state index in [1.807, 2.05) is 0 Å². The minimum Gasteiger partial charge on any atom is -0.394 e. The fraction of sp³-hybridized carbons (Fsp3) is 0.500. The molecule has 2 aromatic rings. The lowest BCUT2D eigenvalue weighted by Gasteiger charge is -2.17. The van der Waals surface area contributed by atoms with Gasteiger partial charge >= 0.3 is 0 Å². The Balaban J connectivity index is 2.14. The third-order valence-electron chi connectivity index (χ3n) is 3.21. The van der Waals surface area contributed by atoms with E-state index in [4.69, 9.17) is 9.84 Å². The zero-order valence-corrected chi connectivity index (χ0v) is 11.6. The molecule has 0 spiro atoms.